The van der Waals surface area contributed by atoms with E-state index in [0.29, 0.717) is 0 Å². The maximum absolute atomic E-state index is 14.0. The SMILES string of the molecule is COc1cc(-c2oc3cc(O[C@H]4O[C@@H](CO[C@H]5O[C@@H](CO)[C@H](O)[C@@H](O)[C@@H]5O)[C@H](O)[C@@H](O)[C@@H]4O)cc(O)c3c(=O)c2O[C@H]2O[C@@H](CO)[C@H](O)[C@@H](O)[C@@H]2O)ccc1O. The molecular formula is C34H42O22. The number of aliphatic hydroxyl groups excluding tert-OH is 11. The van der Waals surface area contributed by atoms with Crippen molar-refractivity contribution < 1.29 is 104 Å². The minimum absolute atomic E-state index is 0.0226. The van der Waals surface area contributed by atoms with Gasteiger partial charge in [-0.1, -0.05) is 0 Å². The fourth-order valence-corrected chi connectivity index (χ4v) is 6.40. The van der Waals surface area contributed by atoms with Gasteiger partial charge in [0, 0.05) is 17.7 Å². The molecule has 3 saturated heterocycles. The second-order valence-corrected chi connectivity index (χ2v) is 13.3. The third-order valence-corrected chi connectivity index (χ3v) is 9.62. The average molecular weight is 803 g/mol. The summed E-state index contributed by atoms with van der Waals surface area (Å²) in [5.74, 6) is -2.64. The molecule has 0 saturated carbocycles. The van der Waals surface area contributed by atoms with E-state index in [4.69, 9.17) is 37.6 Å². The minimum Gasteiger partial charge on any atom is -0.507 e. The van der Waals surface area contributed by atoms with Crippen molar-refractivity contribution >= 4 is 11.0 Å². The van der Waals surface area contributed by atoms with Gasteiger partial charge in [-0.2, -0.15) is 0 Å². The number of fused-ring (bicyclic) bond motifs is 1. The molecule has 3 aromatic rings. The monoisotopic (exact) mass is 802 g/mol. The molecule has 0 amide bonds. The third-order valence-electron chi connectivity index (χ3n) is 9.62. The van der Waals surface area contributed by atoms with Crippen LogP contribution in [0.25, 0.3) is 22.3 Å². The van der Waals surface area contributed by atoms with E-state index in [1.165, 1.54) is 25.3 Å². The van der Waals surface area contributed by atoms with Crippen molar-refractivity contribution in [1.82, 2.24) is 0 Å². The van der Waals surface area contributed by atoms with Crippen molar-refractivity contribution in [2.45, 2.75) is 92.1 Å². The summed E-state index contributed by atoms with van der Waals surface area (Å²) in [6.07, 6.45) is -26.1. The Hall–Kier alpha value is -3.95. The van der Waals surface area contributed by atoms with Crippen LogP contribution in [0.4, 0.5) is 0 Å². The predicted octanol–water partition coefficient (Wildman–Crippen LogP) is -4.94. The Morgan fingerprint density at radius 2 is 1.16 bits per heavy atom. The number of phenolic OH excluding ortho intramolecular Hbond substituents is 2. The van der Waals surface area contributed by atoms with E-state index in [2.05, 4.69) is 0 Å². The van der Waals surface area contributed by atoms with E-state index in [1.807, 2.05) is 0 Å². The van der Waals surface area contributed by atoms with E-state index >= 15 is 0 Å². The van der Waals surface area contributed by atoms with Crippen molar-refractivity contribution in [3.05, 3.63) is 40.6 Å². The first-order chi connectivity index (χ1) is 26.6. The quantitative estimate of drug-likeness (QED) is 0.0863. The first kappa shape index (κ1) is 41.7. The van der Waals surface area contributed by atoms with Gasteiger partial charge in [-0.3, -0.25) is 4.79 Å². The Labute approximate surface area is 314 Å². The molecule has 0 unspecified atom stereocenters. The number of hydrogen-bond acceptors (Lipinski definition) is 22. The summed E-state index contributed by atoms with van der Waals surface area (Å²) in [5.41, 5.74) is -1.44. The first-order valence-electron chi connectivity index (χ1n) is 17.1. The second kappa shape index (κ2) is 16.9. The zero-order valence-corrected chi connectivity index (χ0v) is 29.2. The number of aromatic hydroxyl groups is 2. The lowest BCUT2D eigenvalue weighted by atomic mass is 9.98. The normalized spacial score (nSPS) is 36.3. The summed E-state index contributed by atoms with van der Waals surface area (Å²) in [5, 5.41) is 133. The lowest BCUT2D eigenvalue weighted by molar-refractivity contribution is -0.323. The summed E-state index contributed by atoms with van der Waals surface area (Å²) >= 11 is 0. The number of aliphatic hydroxyl groups is 11. The highest BCUT2D eigenvalue weighted by molar-refractivity contribution is 5.88. The lowest BCUT2D eigenvalue weighted by Gasteiger charge is -2.42. The van der Waals surface area contributed by atoms with E-state index < -0.39 is 140 Å². The number of hydrogen-bond donors (Lipinski definition) is 13. The third kappa shape index (κ3) is 7.83. The molecule has 6 rings (SSSR count). The molecule has 4 heterocycles. The Bertz CT molecular complexity index is 1880. The molecule has 0 radical (unpaired) electrons. The predicted molar refractivity (Wildman–Crippen MR) is 179 cm³/mol. The average Bonchev–Trinajstić information content (AvgIpc) is 3.18. The number of rotatable bonds is 11. The molecule has 0 spiro atoms. The minimum atomic E-state index is -1.96. The zero-order valence-electron chi connectivity index (χ0n) is 29.2. The molecule has 0 aliphatic carbocycles. The summed E-state index contributed by atoms with van der Waals surface area (Å²) in [4.78, 5) is 14.0. The van der Waals surface area contributed by atoms with Crippen LogP contribution in [0.1, 0.15) is 0 Å². The Morgan fingerprint density at radius 1 is 0.625 bits per heavy atom. The van der Waals surface area contributed by atoms with Crippen molar-refractivity contribution in [3.8, 4) is 40.1 Å². The number of ether oxygens (including phenoxy) is 7. The molecule has 0 bridgehead atoms. The fourth-order valence-electron chi connectivity index (χ4n) is 6.40. The molecule has 2 aromatic carbocycles. The Balaban J connectivity index is 1.32. The van der Waals surface area contributed by atoms with Crippen LogP contribution in [0, 0.1) is 0 Å². The maximum atomic E-state index is 14.0. The summed E-state index contributed by atoms with van der Waals surface area (Å²) in [7, 11) is 1.24. The summed E-state index contributed by atoms with van der Waals surface area (Å²) in [6, 6.07) is 5.68. The van der Waals surface area contributed by atoms with Gasteiger partial charge in [0.05, 0.1) is 26.9 Å². The highest BCUT2D eigenvalue weighted by Crippen LogP contribution is 2.40. The number of benzene rings is 2. The van der Waals surface area contributed by atoms with Gasteiger partial charge in [-0.25, -0.2) is 0 Å². The standard InChI is InChI=1S/C34H42O22/c1-49-14-4-10(2-3-12(14)37)30-31(56-34-29(48)25(44)21(40)17(8-36)54-34)23(42)19-13(38)5-11(6-15(19)52-30)51-33-28(47)26(45)22(41)18(55-33)9-50-32-27(46)24(43)20(39)16(7-35)53-32/h2-6,16-18,20-22,24-29,32-41,43-48H,7-9H2,1H3/t16-,17-,18-,20-,21-,22-,24+,25+,26+,27-,28-,29-,32-,33-,34+/m0/s1. The van der Waals surface area contributed by atoms with Crippen molar-refractivity contribution in [3.63, 3.8) is 0 Å². The van der Waals surface area contributed by atoms with Gasteiger partial charge in [-0.15, -0.1) is 0 Å². The highest BCUT2D eigenvalue weighted by atomic mass is 16.7. The molecule has 22 nitrogen and oxygen atoms in total. The second-order valence-electron chi connectivity index (χ2n) is 13.3. The summed E-state index contributed by atoms with van der Waals surface area (Å²) in [6.45, 7) is -2.23. The molecular weight excluding hydrogens is 760 g/mol. The van der Waals surface area contributed by atoms with Crippen LogP contribution >= 0.6 is 0 Å². The van der Waals surface area contributed by atoms with Crippen molar-refractivity contribution in [2.75, 3.05) is 26.9 Å². The van der Waals surface area contributed by atoms with Crippen LogP contribution in [0.3, 0.4) is 0 Å². The molecule has 3 aliphatic heterocycles. The largest absolute Gasteiger partial charge is 0.507 e. The fraction of sp³-hybridized carbons (Fsp3) is 0.559. The van der Waals surface area contributed by atoms with Crippen LogP contribution in [-0.4, -0.2) is 185 Å². The number of methoxy groups -OCH3 is 1. The molecule has 15 atom stereocenters. The van der Waals surface area contributed by atoms with E-state index in [1.54, 1.807) is 0 Å². The van der Waals surface area contributed by atoms with Gasteiger partial charge in [0.2, 0.25) is 23.8 Å². The molecule has 3 aliphatic rings. The van der Waals surface area contributed by atoms with Crippen LogP contribution in [0.2, 0.25) is 0 Å². The smallest absolute Gasteiger partial charge is 0.239 e. The van der Waals surface area contributed by atoms with Gasteiger partial charge in [-0.05, 0) is 18.2 Å². The maximum Gasteiger partial charge on any atom is 0.239 e. The van der Waals surface area contributed by atoms with Crippen molar-refractivity contribution in [2.24, 2.45) is 0 Å². The topological polar surface area (TPSA) is 358 Å². The molecule has 3 fully saturated rings. The van der Waals surface area contributed by atoms with E-state index in [0.717, 1.165) is 12.1 Å². The van der Waals surface area contributed by atoms with E-state index in [9.17, 15) is 71.2 Å². The van der Waals surface area contributed by atoms with Gasteiger partial charge in [0.15, 0.2) is 23.5 Å². The molecule has 22 heteroatoms. The number of phenols is 2. The lowest BCUT2D eigenvalue weighted by Crippen LogP contribution is -2.62. The van der Waals surface area contributed by atoms with Crippen molar-refractivity contribution in [1.29, 1.82) is 0 Å². The van der Waals surface area contributed by atoms with Gasteiger partial charge in [0.25, 0.3) is 0 Å². The van der Waals surface area contributed by atoms with Crippen LogP contribution in [-0.2, 0) is 18.9 Å². The van der Waals surface area contributed by atoms with Crippen LogP contribution < -0.4 is 19.6 Å². The van der Waals surface area contributed by atoms with Gasteiger partial charge >= 0.3 is 0 Å². The first-order valence-corrected chi connectivity index (χ1v) is 17.1. The molecule has 1 aromatic heterocycles. The summed E-state index contributed by atoms with van der Waals surface area (Å²) < 4.78 is 44.3. The molecule has 310 valence electrons. The van der Waals surface area contributed by atoms with Crippen LogP contribution in [0.5, 0.6) is 28.7 Å². The molecule has 13 N–H and O–H groups in total. The van der Waals surface area contributed by atoms with Gasteiger partial charge in [0.1, 0.15) is 95.7 Å². The van der Waals surface area contributed by atoms with Crippen LogP contribution in [0.15, 0.2) is 39.5 Å². The Morgan fingerprint density at radius 3 is 1.75 bits per heavy atom. The highest BCUT2D eigenvalue weighted by Gasteiger charge is 2.49. The van der Waals surface area contributed by atoms with E-state index in [-0.39, 0.29) is 28.4 Å². The van der Waals surface area contributed by atoms with Gasteiger partial charge < -0.3 is 104 Å². The Kier molecular flexibility index (Phi) is 12.6. The zero-order chi connectivity index (χ0) is 40.7. The molecule has 56 heavy (non-hydrogen) atoms.